The van der Waals surface area contributed by atoms with E-state index in [1.807, 2.05) is 0 Å². The Balaban J connectivity index is 1.47. The van der Waals surface area contributed by atoms with Crippen molar-refractivity contribution in [2.45, 2.75) is 51.4 Å². The molecule has 90 valence electrons. The fourth-order valence-electron chi connectivity index (χ4n) is 5.35. The Morgan fingerprint density at radius 3 is 2.56 bits per heavy atom. The van der Waals surface area contributed by atoms with E-state index in [4.69, 9.17) is 0 Å². The molecule has 1 nitrogen and oxygen atoms in total. The average Bonchev–Trinajstić information content (AvgIpc) is 2.86. The van der Waals surface area contributed by atoms with Crippen molar-refractivity contribution in [3.05, 3.63) is 0 Å². The zero-order valence-electron chi connectivity index (χ0n) is 10.5. The Bertz CT molecular complexity index is 275. The van der Waals surface area contributed by atoms with Crippen molar-refractivity contribution in [1.29, 1.82) is 0 Å². The predicted octanol–water partition coefficient (Wildman–Crippen LogP) is 3.30. The summed E-state index contributed by atoms with van der Waals surface area (Å²) in [6.07, 6.45) is 12.4. The molecule has 0 radical (unpaired) electrons. The monoisotopic (exact) mass is 219 g/mol. The molecule has 0 aromatic rings. The summed E-state index contributed by atoms with van der Waals surface area (Å²) >= 11 is 0. The molecule has 0 aromatic heterocycles. The molecule has 1 aliphatic heterocycles. The van der Waals surface area contributed by atoms with E-state index in [-0.39, 0.29) is 0 Å². The van der Waals surface area contributed by atoms with Crippen LogP contribution in [0.4, 0.5) is 0 Å². The summed E-state index contributed by atoms with van der Waals surface area (Å²) in [5, 5.41) is 0. The summed E-state index contributed by atoms with van der Waals surface area (Å²) in [5.41, 5.74) is 0.889. The highest BCUT2D eigenvalue weighted by Gasteiger charge is 2.63. The average molecular weight is 219 g/mol. The van der Waals surface area contributed by atoms with Crippen molar-refractivity contribution in [2.75, 3.05) is 19.6 Å². The lowest BCUT2D eigenvalue weighted by molar-refractivity contribution is 0.113. The highest BCUT2D eigenvalue weighted by Crippen LogP contribution is 2.71. The number of hydrogen-bond donors (Lipinski definition) is 0. The van der Waals surface area contributed by atoms with Gasteiger partial charge >= 0.3 is 0 Å². The van der Waals surface area contributed by atoms with Crippen LogP contribution >= 0.6 is 0 Å². The van der Waals surface area contributed by atoms with E-state index in [0.717, 1.165) is 23.2 Å². The number of likely N-dealkylation sites (tertiary alicyclic amines) is 1. The summed E-state index contributed by atoms with van der Waals surface area (Å²) < 4.78 is 0. The van der Waals surface area contributed by atoms with E-state index in [1.54, 1.807) is 32.1 Å². The van der Waals surface area contributed by atoms with Crippen LogP contribution in [-0.4, -0.2) is 24.5 Å². The molecule has 2 bridgehead atoms. The van der Waals surface area contributed by atoms with Gasteiger partial charge in [0, 0.05) is 6.54 Å². The van der Waals surface area contributed by atoms with Crippen LogP contribution in [0.1, 0.15) is 51.4 Å². The maximum Gasteiger partial charge on any atom is 0.00177 e. The second kappa shape index (κ2) is 3.48. The molecule has 0 unspecified atom stereocenters. The summed E-state index contributed by atoms with van der Waals surface area (Å²) in [7, 11) is 0. The normalized spacial score (nSPS) is 45.4. The van der Waals surface area contributed by atoms with Crippen molar-refractivity contribution in [3.63, 3.8) is 0 Å². The van der Waals surface area contributed by atoms with Crippen molar-refractivity contribution in [1.82, 2.24) is 4.90 Å². The molecular weight excluding hydrogens is 194 g/mol. The van der Waals surface area contributed by atoms with E-state index in [1.165, 1.54) is 38.9 Å². The van der Waals surface area contributed by atoms with Gasteiger partial charge in [-0.05, 0) is 81.2 Å². The Morgan fingerprint density at radius 2 is 1.81 bits per heavy atom. The number of piperidine rings is 1. The molecule has 3 aliphatic carbocycles. The molecule has 3 saturated carbocycles. The lowest BCUT2D eigenvalue weighted by atomic mass is 9.76. The van der Waals surface area contributed by atoms with Gasteiger partial charge in [0.15, 0.2) is 0 Å². The second-order valence-electron chi connectivity index (χ2n) is 6.97. The maximum atomic E-state index is 2.80. The molecule has 1 heterocycles. The Kier molecular flexibility index (Phi) is 2.16. The quantitative estimate of drug-likeness (QED) is 0.689. The van der Waals surface area contributed by atoms with E-state index in [2.05, 4.69) is 4.90 Å². The minimum Gasteiger partial charge on any atom is -0.303 e. The van der Waals surface area contributed by atoms with Crippen LogP contribution in [0.25, 0.3) is 0 Å². The van der Waals surface area contributed by atoms with Crippen LogP contribution in [0.2, 0.25) is 0 Å². The Morgan fingerprint density at radius 1 is 1.00 bits per heavy atom. The summed E-state index contributed by atoms with van der Waals surface area (Å²) in [4.78, 5) is 2.80. The molecule has 1 heteroatoms. The van der Waals surface area contributed by atoms with E-state index >= 15 is 0 Å². The standard InChI is InChI=1S/C15H25N/c1-2-8-16(9-3-1)11-14-12-4-5-13(10-12)15(14)6-7-15/h12-14H,1-11H2/t12-,13+,14-/m0/s1. The molecule has 1 saturated heterocycles. The van der Waals surface area contributed by atoms with Gasteiger partial charge < -0.3 is 4.90 Å². The fraction of sp³-hybridized carbons (Fsp3) is 1.00. The topological polar surface area (TPSA) is 3.24 Å². The molecular formula is C15H25N. The first-order valence-corrected chi connectivity index (χ1v) is 7.61. The third kappa shape index (κ3) is 1.33. The van der Waals surface area contributed by atoms with Gasteiger partial charge in [0.05, 0.1) is 0 Å². The fourth-order valence-corrected chi connectivity index (χ4v) is 5.35. The van der Waals surface area contributed by atoms with Gasteiger partial charge in [-0.25, -0.2) is 0 Å². The van der Waals surface area contributed by atoms with Gasteiger partial charge in [0.1, 0.15) is 0 Å². The van der Waals surface area contributed by atoms with Gasteiger partial charge in [-0.3, -0.25) is 0 Å². The first-order valence-electron chi connectivity index (χ1n) is 7.61. The smallest absolute Gasteiger partial charge is 0.00177 e. The molecule has 16 heavy (non-hydrogen) atoms. The van der Waals surface area contributed by atoms with Gasteiger partial charge in [0.2, 0.25) is 0 Å². The number of fused-ring (bicyclic) bond motifs is 3. The Hall–Kier alpha value is -0.0400. The third-order valence-corrected chi connectivity index (χ3v) is 6.32. The molecule has 3 atom stereocenters. The first-order chi connectivity index (χ1) is 7.88. The van der Waals surface area contributed by atoms with Gasteiger partial charge in [-0.15, -0.1) is 0 Å². The van der Waals surface area contributed by atoms with Crippen molar-refractivity contribution < 1.29 is 0 Å². The maximum absolute atomic E-state index is 2.80. The molecule has 0 aromatic carbocycles. The highest BCUT2D eigenvalue weighted by molar-refractivity contribution is 5.13. The van der Waals surface area contributed by atoms with Crippen LogP contribution in [0, 0.1) is 23.2 Å². The van der Waals surface area contributed by atoms with Crippen LogP contribution in [0.5, 0.6) is 0 Å². The third-order valence-electron chi connectivity index (χ3n) is 6.32. The SMILES string of the molecule is C1CCN(C[C@H]2[C@H]3CC[C@H](C3)C23CC3)CC1. The lowest BCUT2D eigenvalue weighted by Gasteiger charge is -2.37. The second-order valence-corrected chi connectivity index (χ2v) is 6.97. The molecule has 4 aliphatic rings. The summed E-state index contributed by atoms with van der Waals surface area (Å²) in [6.45, 7) is 4.29. The Labute approximate surface area is 99.6 Å². The number of rotatable bonds is 2. The van der Waals surface area contributed by atoms with Crippen LogP contribution < -0.4 is 0 Å². The van der Waals surface area contributed by atoms with E-state index < -0.39 is 0 Å². The lowest BCUT2D eigenvalue weighted by Crippen LogP contribution is -2.39. The summed E-state index contributed by atoms with van der Waals surface area (Å²) in [5.74, 6) is 3.41. The number of hydrogen-bond acceptors (Lipinski definition) is 1. The van der Waals surface area contributed by atoms with Gasteiger partial charge in [0.25, 0.3) is 0 Å². The minimum absolute atomic E-state index is 0.889. The molecule has 1 spiro atoms. The van der Waals surface area contributed by atoms with Crippen molar-refractivity contribution >= 4 is 0 Å². The van der Waals surface area contributed by atoms with Crippen LogP contribution in [0.15, 0.2) is 0 Å². The van der Waals surface area contributed by atoms with E-state index in [0.29, 0.717) is 0 Å². The number of nitrogens with zero attached hydrogens (tertiary/aromatic N) is 1. The van der Waals surface area contributed by atoms with Gasteiger partial charge in [-0.1, -0.05) is 6.42 Å². The van der Waals surface area contributed by atoms with Crippen molar-refractivity contribution in [3.8, 4) is 0 Å². The molecule has 0 amide bonds. The van der Waals surface area contributed by atoms with Crippen LogP contribution in [0.3, 0.4) is 0 Å². The zero-order chi connectivity index (χ0) is 10.6. The van der Waals surface area contributed by atoms with Crippen LogP contribution in [-0.2, 0) is 0 Å². The summed E-state index contributed by atoms with van der Waals surface area (Å²) in [6, 6.07) is 0. The largest absolute Gasteiger partial charge is 0.303 e. The minimum atomic E-state index is 0.889. The highest BCUT2D eigenvalue weighted by atomic mass is 15.1. The predicted molar refractivity (Wildman–Crippen MR) is 66.3 cm³/mol. The zero-order valence-corrected chi connectivity index (χ0v) is 10.5. The van der Waals surface area contributed by atoms with Crippen molar-refractivity contribution in [2.24, 2.45) is 23.2 Å². The van der Waals surface area contributed by atoms with Gasteiger partial charge in [-0.2, -0.15) is 0 Å². The molecule has 4 fully saturated rings. The molecule has 4 rings (SSSR count). The van der Waals surface area contributed by atoms with E-state index in [9.17, 15) is 0 Å². The molecule has 0 N–H and O–H groups in total. The first kappa shape index (κ1) is 9.94.